The van der Waals surface area contributed by atoms with Gasteiger partial charge in [-0.15, -0.1) is 11.3 Å². The van der Waals surface area contributed by atoms with Gasteiger partial charge in [-0.25, -0.2) is 9.97 Å². The molecule has 0 saturated carbocycles. The molecule has 2 N–H and O–H groups in total. The molecule has 38 heavy (non-hydrogen) atoms. The maximum absolute atomic E-state index is 13.7. The molecule has 5 rings (SSSR count). The Balaban J connectivity index is 1.48. The Morgan fingerprint density at radius 3 is 2.58 bits per heavy atom. The highest BCUT2D eigenvalue weighted by Gasteiger charge is 2.48. The number of nitrogens with one attached hydrogen (secondary N) is 1. The van der Waals surface area contributed by atoms with Crippen LogP contribution in [-0.2, 0) is 16.6 Å². The number of aromatic nitrogens is 2. The summed E-state index contributed by atoms with van der Waals surface area (Å²) in [5.41, 5.74) is -1.02. The van der Waals surface area contributed by atoms with E-state index >= 15 is 0 Å². The standard InChI is InChI=1S/C28H25F3N4O2S/c1-18-24(19-8-3-2-4-9-19)33-26(38-18)34-25(36)22-17-35(23-12-5-6-14-32-23)15-13-27(22,37)20-10-7-11-21(16-20)28(29,30)31/h2-12,14,16,22,37H,13,15,17H2,1H3,(H,33,34,36). The quantitative estimate of drug-likeness (QED) is 0.332. The van der Waals surface area contributed by atoms with Crippen LogP contribution in [0.4, 0.5) is 24.1 Å². The van der Waals surface area contributed by atoms with Crippen LogP contribution in [0.3, 0.4) is 0 Å². The summed E-state index contributed by atoms with van der Waals surface area (Å²) in [5.74, 6) is -1.00. The highest BCUT2D eigenvalue weighted by molar-refractivity contribution is 7.16. The number of carbonyl (C=O) groups is 1. The third-order valence-corrected chi connectivity index (χ3v) is 7.68. The van der Waals surface area contributed by atoms with E-state index in [0.717, 1.165) is 28.3 Å². The number of hydrogen-bond acceptors (Lipinski definition) is 6. The Labute approximate surface area is 221 Å². The molecule has 2 unspecified atom stereocenters. The van der Waals surface area contributed by atoms with Crippen LogP contribution in [0.5, 0.6) is 0 Å². The summed E-state index contributed by atoms with van der Waals surface area (Å²) in [5, 5.41) is 15.0. The minimum atomic E-state index is -4.58. The molecule has 10 heteroatoms. The summed E-state index contributed by atoms with van der Waals surface area (Å²) in [6.45, 7) is 2.27. The van der Waals surface area contributed by atoms with Crippen LogP contribution < -0.4 is 10.2 Å². The van der Waals surface area contributed by atoms with E-state index in [1.807, 2.05) is 48.2 Å². The molecule has 6 nitrogen and oxygen atoms in total. The number of benzene rings is 2. The summed E-state index contributed by atoms with van der Waals surface area (Å²) in [7, 11) is 0. The molecule has 0 aliphatic carbocycles. The van der Waals surface area contributed by atoms with Crippen molar-refractivity contribution < 1.29 is 23.1 Å². The minimum absolute atomic E-state index is 0.0368. The predicted molar refractivity (Wildman–Crippen MR) is 141 cm³/mol. The van der Waals surface area contributed by atoms with Crippen molar-refractivity contribution in [2.24, 2.45) is 5.92 Å². The zero-order chi connectivity index (χ0) is 26.9. The smallest absolute Gasteiger partial charge is 0.384 e. The average Bonchev–Trinajstić information content (AvgIpc) is 3.29. The number of amides is 1. The number of piperidine rings is 1. The molecule has 1 amide bonds. The molecule has 1 fully saturated rings. The summed E-state index contributed by atoms with van der Waals surface area (Å²) >= 11 is 1.30. The lowest BCUT2D eigenvalue weighted by molar-refractivity contribution is -0.138. The number of halogens is 3. The second-order valence-electron chi connectivity index (χ2n) is 9.22. The lowest BCUT2D eigenvalue weighted by atomic mass is 9.75. The van der Waals surface area contributed by atoms with Crippen molar-refractivity contribution in [1.29, 1.82) is 0 Å². The first kappa shape index (κ1) is 25.9. The van der Waals surface area contributed by atoms with Crippen LogP contribution in [0, 0.1) is 12.8 Å². The number of thiazole rings is 1. The van der Waals surface area contributed by atoms with Gasteiger partial charge >= 0.3 is 6.18 Å². The van der Waals surface area contributed by atoms with Crippen LogP contribution in [0.25, 0.3) is 11.3 Å². The molecule has 0 bridgehead atoms. The maximum Gasteiger partial charge on any atom is 0.416 e. The monoisotopic (exact) mass is 538 g/mol. The Bertz CT molecular complexity index is 1430. The molecular formula is C28H25F3N4O2S. The third kappa shape index (κ3) is 5.14. The minimum Gasteiger partial charge on any atom is -0.384 e. The van der Waals surface area contributed by atoms with Gasteiger partial charge < -0.3 is 15.3 Å². The van der Waals surface area contributed by atoms with E-state index in [2.05, 4.69) is 15.3 Å². The fourth-order valence-electron chi connectivity index (χ4n) is 4.81. The topological polar surface area (TPSA) is 78.4 Å². The number of aryl methyl sites for hydroxylation is 1. The molecule has 2 aromatic heterocycles. The summed E-state index contributed by atoms with van der Waals surface area (Å²) < 4.78 is 40.4. The van der Waals surface area contributed by atoms with Crippen LogP contribution >= 0.6 is 11.3 Å². The highest BCUT2D eigenvalue weighted by Crippen LogP contribution is 2.41. The molecule has 2 atom stereocenters. The first-order valence-corrected chi connectivity index (χ1v) is 12.9. The first-order valence-electron chi connectivity index (χ1n) is 12.0. The van der Waals surface area contributed by atoms with Crippen LogP contribution in [0.15, 0.2) is 79.0 Å². The molecule has 4 aromatic rings. The SMILES string of the molecule is Cc1sc(NC(=O)C2CN(c3ccccn3)CCC2(O)c2cccc(C(F)(F)F)c2)nc1-c1ccccc1. The number of aliphatic hydroxyl groups is 1. The Morgan fingerprint density at radius 2 is 1.87 bits per heavy atom. The van der Waals surface area contributed by atoms with Gasteiger partial charge in [0.1, 0.15) is 11.4 Å². The molecular weight excluding hydrogens is 513 g/mol. The van der Waals surface area contributed by atoms with Gasteiger partial charge in [0.05, 0.1) is 17.2 Å². The zero-order valence-corrected chi connectivity index (χ0v) is 21.3. The van der Waals surface area contributed by atoms with Crippen molar-refractivity contribution >= 4 is 28.2 Å². The lowest BCUT2D eigenvalue weighted by Crippen LogP contribution is -2.54. The van der Waals surface area contributed by atoms with Crippen LogP contribution in [0.2, 0.25) is 0 Å². The van der Waals surface area contributed by atoms with E-state index in [1.54, 1.807) is 18.3 Å². The van der Waals surface area contributed by atoms with Crippen molar-refractivity contribution in [3.05, 3.63) is 95.0 Å². The number of pyridine rings is 1. The van der Waals surface area contributed by atoms with Crippen molar-refractivity contribution in [2.45, 2.75) is 25.1 Å². The van der Waals surface area contributed by atoms with Gasteiger partial charge in [0, 0.05) is 29.7 Å². The number of anilines is 2. The maximum atomic E-state index is 13.7. The Kier molecular flexibility index (Phi) is 6.93. The van der Waals surface area contributed by atoms with Crippen molar-refractivity contribution in [3.8, 4) is 11.3 Å². The summed E-state index contributed by atoms with van der Waals surface area (Å²) in [4.78, 5) is 25.4. The molecule has 1 saturated heterocycles. The van der Waals surface area contributed by atoms with Gasteiger partial charge in [0.25, 0.3) is 0 Å². The van der Waals surface area contributed by atoms with E-state index in [4.69, 9.17) is 0 Å². The van der Waals surface area contributed by atoms with Gasteiger partial charge in [-0.05, 0) is 43.2 Å². The number of alkyl halides is 3. The number of rotatable bonds is 5. The Morgan fingerprint density at radius 1 is 1.11 bits per heavy atom. The number of hydrogen-bond donors (Lipinski definition) is 2. The molecule has 1 aliphatic heterocycles. The molecule has 0 spiro atoms. The molecule has 0 radical (unpaired) electrons. The van der Waals surface area contributed by atoms with Gasteiger partial charge in [0.15, 0.2) is 5.13 Å². The van der Waals surface area contributed by atoms with Gasteiger partial charge in [0.2, 0.25) is 5.91 Å². The predicted octanol–water partition coefficient (Wildman–Crippen LogP) is 5.89. The highest BCUT2D eigenvalue weighted by atomic mass is 32.1. The molecule has 1 aliphatic rings. The number of carbonyl (C=O) groups excluding carboxylic acids is 1. The average molecular weight is 539 g/mol. The van der Waals surface area contributed by atoms with E-state index in [0.29, 0.717) is 17.5 Å². The van der Waals surface area contributed by atoms with Crippen molar-refractivity contribution in [1.82, 2.24) is 9.97 Å². The summed E-state index contributed by atoms with van der Waals surface area (Å²) in [6.07, 6.45) is -2.92. The molecule has 2 aromatic carbocycles. The van der Waals surface area contributed by atoms with E-state index in [1.165, 1.54) is 23.5 Å². The van der Waals surface area contributed by atoms with E-state index in [-0.39, 0.29) is 18.5 Å². The fourth-order valence-corrected chi connectivity index (χ4v) is 5.65. The van der Waals surface area contributed by atoms with Crippen molar-refractivity contribution in [3.63, 3.8) is 0 Å². The van der Waals surface area contributed by atoms with Crippen LogP contribution in [0.1, 0.15) is 22.4 Å². The normalized spacial score (nSPS) is 19.8. The molecule has 3 heterocycles. The third-order valence-electron chi connectivity index (χ3n) is 6.80. The second-order valence-corrected chi connectivity index (χ2v) is 10.4. The lowest BCUT2D eigenvalue weighted by Gasteiger charge is -2.44. The van der Waals surface area contributed by atoms with Crippen molar-refractivity contribution in [2.75, 3.05) is 23.3 Å². The molecule has 196 valence electrons. The Hall–Kier alpha value is -3.76. The first-order chi connectivity index (χ1) is 18.1. The second kappa shape index (κ2) is 10.2. The number of nitrogens with zero attached hydrogens (tertiary/aromatic N) is 3. The van der Waals surface area contributed by atoms with E-state index < -0.39 is 29.2 Å². The van der Waals surface area contributed by atoms with Gasteiger partial charge in [-0.1, -0.05) is 48.5 Å². The van der Waals surface area contributed by atoms with E-state index in [9.17, 15) is 23.1 Å². The fraction of sp³-hybridized carbons (Fsp3) is 0.250. The van der Waals surface area contributed by atoms with Gasteiger partial charge in [-0.2, -0.15) is 13.2 Å². The van der Waals surface area contributed by atoms with Crippen LogP contribution in [-0.4, -0.2) is 34.1 Å². The van der Waals surface area contributed by atoms with Gasteiger partial charge in [-0.3, -0.25) is 4.79 Å². The summed E-state index contributed by atoms with van der Waals surface area (Å²) in [6, 6.07) is 19.5. The largest absolute Gasteiger partial charge is 0.416 e. The zero-order valence-electron chi connectivity index (χ0n) is 20.4.